The smallest absolute Gasteiger partial charge is 0.145 e. The second-order valence-electron chi connectivity index (χ2n) is 2.85. The molecule has 0 aliphatic rings. The van der Waals surface area contributed by atoms with E-state index >= 15 is 0 Å². The van der Waals surface area contributed by atoms with E-state index in [1.807, 2.05) is 6.07 Å². The lowest BCUT2D eigenvalue weighted by Crippen LogP contribution is -1.95. The fourth-order valence-corrected chi connectivity index (χ4v) is 2.38. The molecule has 0 bridgehead atoms. The molecule has 0 amide bonds. The summed E-state index contributed by atoms with van der Waals surface area (Å²) in [5.74, 6) is 0. The Kier molecular flexibility index (Phi) is 4.72. The van der Waals surface area contributed by atoms with Gasteiger partial charge in [0.1, 0.15) is 23.8 Å². The van der Waals surface area contributed by atoms with Gasteiger partial charge in [0, 0.05) is 15.1 Å². The largest absolute Gasteiger partial charge is 0.358 e. The first-order chi connectivity index (χ1) is 8.12. The fourth-order valence-electron chi connectivity index (χ4n) is 1.04. The number of benzene rings is 1. The number of rotatable bonds is 2. The molecule has 1 aromatic carbocycles. The van der Waals surface area contributed by atoms with Gasteiger partial charge in [0.15, 0.2) is 0 Å². The van der Waals surface area contributed by atoms with E-state index in [4.69, 9.17) is 15.8 Å². The molecule has 0 saturated carbocycles. The van der Waals surface area contributed by atoms with Crippen molar-refractivity contribution in [1.29, 1.82) is 15.8 Å². The summed E-state index contributed by atoms with van der Waals surface area (Å²) in [5.41, 5.74) is 0.847. The number of allylic oxidation sites excluding steroid dienone is 1. The highest BCUT2D eigenvalue weighted by Crippen LogP contribution is 2.30. The summed E-state index contributed by atoms with van der Waals surface area (Å²) in [6.45, 7) is 0. The Morgan fingerprint density at radius 2 is 1.82 bits per heavy atom. The van der Waals surface area contributed by atoms with Crippen molar-refractivity contribution in [3.8, 4) is 18.2 Å². The number of anilines is 1. The summed E-state index contributed by atoms with van der Waals surface area (Å²) in [5, 5.41) is 28.9. The molecule has 0 atom stereocenters. The summed E-state index contributed by atoms with van der Waals surface area (Å²) in [4.78, 5) is 0. The molecule has 0 aliphatic heterocycles. The first-order valence-corrected chi connectivity index (χ1v) is 5.87. The van der Waals surface area contributed by atoms with Gasteiger partial charge in [0.25, 0.3) is 0 Å². The molecule has 0 spiro atoms. The van der Waals surface area contributed by atoms with E-state index in [1.54, 1.807) is 24.3 Å². The van der Waals surface area contributed by atoms with Crippen LogP contribution in [0.5, 0.6) is 0 Å². The van der Waals surface area contributed by atoms with Gasteiger partial charge in [0.2, 0.25) is 0 Å². The predicted octanol–water partition coefficient (Wildman–Crippen LogP) is 3.43. The molecule has 82 valence electrons. The zero-order chi connectivity index (χ0) is 12.8. The van der Waals surface area contributed by atoms with Crippen LogP contribution >= 0.6 is 31.9 Å². The van der Waals surface area contributed by atoms with E-state index in [-0.39, 0.29) is 5.57 Å². The molecular formula is C11H4Br2N4. The third-order valence-corrected chi connectivity index (χ3v) is 2.86. The van der Waals surface area contributed by atoms with E-state index in [9.17, 15) is 0 Å². The van der Waals surface area contributed by atoms with E-state index in [2.05, 4.69) is 37.2 Å². The Morgan fingerprint density at radius 3 is 2.35 bits per heavy atom. The molecule has 17 heavy (non-hydrogen) atoms. The summed E-state index contributed by atoms with van der Waals surface area (Å²) in [6.07, 6.45) is 1.26. The van der Waals surface area contributed by atoms with E-state index < -0.39 is 0 Å². The molecule has 0 aromatic heterocycles. The molecule has 1 aromatic rings. The van der Waals surface area contributed by atoms with E-state index in [0.717, 1.165) is 4.47 Å². The maximum absolute atomic E-state index is 8.96. The Balaban J connectivity index is 3.18. The van der Waals surface area contributed by atoms with E-state index in [1.165, 1.54) is 6.20 Å². The summed E-state index contributed by atoms with van der Waals surface area (Å²) in [7, 11) is 0. The van der Waals surface area contributed by atoms with Crippen molar-refractivity contribution in [1.82, 2.24) is 0 Å². The Bertz CT molecular complexity index is 584. The van der Waals surface area contributed by atoms with E-state index in [0.29, 0.717) is 15.7 Å². The summed E-state index contributed by atoms with van der Waals surface area (Å²) >= 11 is 6.56. The van der Waals surface area contributed by atoms with Crippen molar-refractivity contribution >= 4 is 37.5 Å². The maximum atomic E-state index is 8.96. The van der Waals surface area contributed by atoms with Crippen LogP contribution < -0.4 is 5.32 Å². The minimum Gasteiger partial charge on any atom is -0.358 e. The van der Waals surface area contributed by atoms with Gasteiger partial charge in [-0.25, -0.2) is 0 Å². The number of hydrogen-bond donors (Lipinski definition) is 1. The van der Waals surface area contributed by atoms with Crippen LogP contribution in [0.25, 0.3) is 0 Å². The van der Waals surface area contributed by atoms with Crippen LogP contribution in [-0.4, -0.2) is 0 Å². The minimum atomic E-state index is -0.0660. The zero-order valence-electron chi connectivity index (χ0n) is 8.33. The van der Waals surface area contributed by atoms with Gasteiger partial charge in [-0.3, -0.25) is 0 Å². The molecule has 6 heteroatoms. The van der Waals surface area contributed by atoms with Crippen molar-refractivity contribution in [2.24, 2.45) is 0 Å². The average molecular weight is 352 g/mol. The molecule has 0 aliphatic carbocycles. The highest BCUT2D eigenvalue weighted by Gasteiger charge is 2.07. The zero-order valence-corrected chi connectivity index (χ0v) is 11.5. The quantitative estimate of drug-likeness (QED) is 0.827. The van der Waals surface area contributed by atoms with Crippen molar-refractivity contribution < 1.29 is 0 Å². The predicted molar refractivity (Wildman–Crippen MR) is 69.5 cm³/mol. The SMILES string of the molecule is N#CC(C#N)=CNc1c(Br)cc(Br)cc1C#N. The number of nitrogens with one attached hydrogen (secondary N) is 1. The number of nitriles is 3. The third kappa shape index (κ3) is 3.32. The third-order valence-electron chi connectivity index (χ3n) is 1.78. The molecule has 0 radical (unpaired) electrons. The van der Waals surface area contributed by atoms with Crippen molar-refractivity contribution in [2.75, 3.05) is 5.32 Å². The molecule has 0 unspecified atom stereocenters. The number of nitrogens with zero attached hydrogens (tertiary/aromatic N) is 3. The second kappa shape index (κ2) is 6.06. The Labute approximate surface area is 115 Å². The van der Waals surface area contributed by atoms with Gasteiger partial charge < -0.3 is 5.32 Å². The number of halogens is 2. The van der Waals surface area contributed by atoms with Crippen LogP contribution in [0.1, 0.15) is 5.56 Å². The highest BCUT2D eigenvalue weighted by molar-refractivity contribution is 9.11. The fraction of sp³-hybridized carbons (Fsp3) is 0. The first-order valence-electron chi connectivity index (χ1n) is 4.28. The normalized spacial score (nSPS) is 8.41. The van der Waals surface area contributed by atoms with Crippen LogP contribution in [0.15, 0.2) is 32.9 Å². The van der Waals surface area contributed by atoms with Gasteiger partial charge >= 0.3 is 0 Å². The van der Waals surface area contributed by atoms with Gasteiger partial charge in [-0.05, 0) is 28.1 Å². The molecule has 1 N–H and O–H groups in total. The molecular weight excluding hydrogens is 348 g/mol. The van der Waals surface area contributed by atoms with Gasteiger partial charge in [-0.2, -0.15) is 15.8 Å². The molecule has 1 rings (SSSR count). The maximum Gasteiger partial charge on any atom is 0.145 e. The Morgan fingerprint density at radius 1 is 1.18 bits per heavy atom. The monoisotopic (exact) mass is 350 g/mol. The van der Waals surface area contributed by atoms with Crippen molar-refractivity contribution in [3.63, 3.8) is 0 Å². The lowest BCUT2D eigenvalue weighted by molar-refractivity contribution is 1.41. The minimum absolute atomic E-state index is 0.0660. The number of hydrogen-bond acceptors (Lipinski definition) is 4. The topological polar surface area (TPSA) is 83.4 Å². The van der Waals surface area contributed by atoms with Crippen LogP contribution in [-0.2, 0) is 0 Å². The lowest BCUT2D eigenvalue weighted by Gasteiger charge is -2.07. The first kappa shape index (κ1) is 13.3. The van der Waals surface area contributed by atoms with Gasteiger partial charge in [-0.15, -0.1) is 0 Å². The molecule has 4 nitrogen and oxygen atoms in total. The second-order valence-corrected chi connectivity index (χ2v) is 4.62. The lowest BCUT2D eigenvalue weighted by atomic mass is 10.2. The highest BCUT2D eigenvalue weighted by atomic mass is 79.9. The van der Waals surface area contributed by atoms with Crippen molar-refractivity contribution in [3.05, 3.63) is 38.4 Å². The summed E-state index contributed by atoms with van der Waals surface area (Å²) in [6, 6.07) is 8.86. The average Bonchev–Trinajstić information content (AvgIpc) is 2.31. The molecule has 0 heterocycles. The van der Waals surface area contributed by atoms with Gasteiger partial charge in [-0.1, -0.05) is 15.9 Å². The molecule has 0 saturated heterocycles. The van der Waals surface area contributed by atoms with Crippen LogP contribution in [0.2, 0.25) is 0 Å². The van der Waals surface area contributed by atoms with Crippen LogP contribution in [0.4, 0.5) is 5.69 Å². The molecule has 0 fully saturated rings. The van der Waals surface area contributed by atoms with Crippen LogP contribution in [0.3, 0.4) is 0 Å². The Hall–Kier alpha value is -1.81. The summed E-state index contributed by atoms with van der Waals surface area (Å²) < 4.78 is 1.42. The van der Waals surface area contributed by atoms with Crippen molar-refractivity contribution in [2.45, 2.75) is 0 Å². The van der Waals surface area contributed by atoms with Crippen LogP contribution in [0, 0.1) is 34.0 Å². The standard InChI is InChI=1S/C11H4Br2N4/c12-9-1-8(5-16)11(10(13)2-9)17-6-7(3-14)4-15/h1-2,6,17H. The van der Waals surface area contributed by atoms with Gasteiger partial charge in [0.05, 0.1) is 11.3 Å².